The Morgan fingerprint density at radius 3 is 1.29 bits per heavy atom. The molecule has 1 aromatic rings. The van der Waals surface area contributed by atoms with Crippen LogP contribution in [0.25, 0.3) is 0 Å². The van der Waals surface area contributed by atoms with E-state index in [1.807, 2.05) is 13.0 Å². The minimum atomic E-state index is 0.241. The van der Waals surface area contributed by atoms with Crippen molar-refractivity contribution in [3.63, 3.8) is 0 Å². The molecular formula is C31H56O4. The van der Waals surface area contributed by atoms with Gasteiger partial charge in [0.1, 0.15) is 0 Å². The van der Waals surface area contributed by atoms with Crippen LogP contribution in [-0.2, 0) is 6.42 Å². The minimum absolute atomic E-state index is 0.241. The summed E-state index contributed by atoms with van der Waals surface area (Å²) in [5.41, 5.74) is 2.06. The van der Waals surface area contributed by atoms with Crippen LogP contribution < -0.4 is 9.47 Å². The molecule has 0 spiro atoms. The first kappa shape index (κ1) is 31.6. The Kier molecular flexibility index (Phi) is 19.7. The first-order valence-electron chi connectivity index (χ1n) is 14.7. The molecule has 0 aliphatic heterocycles. The zero-order chi connectivity index (χ0) is 25.6. The van der Waals surface area contributed by atoms with Crippen LogP contribution in [0, 0.1) is 6.92 Å². The summed E-state index contributed by atoms with van der Waals surface area (Å²) in [4.78, 5) is 0. The maximum Gasteiger partial charge on any atom is 0.203 e. The summed E-state index contributed by atoms with van der Waals surface area (Å²) >= 11 is 0. The Labute approximate surface area is 216 Å². The monoisotopic (exact) mass is 492 g/mol. The van der Waals surface area contributed by atoms with Crippen molar-refractivity contribution in [2.75, 3.05) is 20.8 Å². The summed E-state index contributed by atoms with van der Waals surface area (Å²) < 4.78 is 10.6. The van der Waals surface area contributed by atoms with Crippen LogP contribution in [0.3, 0.4) is 0 Å². The average Bonchev–Trinajstić information content (AvgIpc) is 2.86. The van der Waals surface area contributed by atoms with E-state index in [1.165, 1.54) is 116 Å². The van der Waals surface area contributed by atoms with Gasteiger partial charge in [0.15, 0.2) is 11.5 Å². The second-order valence-electron chi connectivity index (χ2n) is 10.3. The summed E-state index contributed by atoms with van der Waals surface area (Å²) in [6.07, 6.45) is 27.5. The Bertz CT molecular complexity index is 629. The van der Waals surface area contributed by atoms with Gasteiger partial charge in [-0.05, 0) is 37.8 Å². The molecule has 0 saturated carbocycles. The van der Waals surface area contributed by atoms with Gasteiger partial charge in [0.25, 0.3) is 0 Å². The molecule has 35 heavy (non-hydrogen) atoms. The minimum Gasteiger partial charge on any atom is -0.504 e. The lowest BCUT2D eigenvalue weighted by atomic mass is 9.99. The van der Waals surface area contributed by atoms with E-state index in [1.54, 1.807) is 14.2 Å². The molecule has 204 valence electrons. The zero-order valence-corrected chi connectivity index (χ0v) is 23.3. The van der Waals surface area contributed by atoms with E-state index >= 15 is 0 Å². The molecule has 0 aliphatic carbocycles. The largest absolute Gasteiger partial charge is 0.504 e. The molecule has 1 rings (SSSR count). The number of rotatable bonds is 24. The first-order valence-corrected chi connectivity index (χ1v) is 14.7. The Morgan fingerprint density at radius 2 is 0.943 bits per heavy atom. The fraction of sp³-hybridized carbons (Fsp3) is 0.806. The second kappa shape index (κ2) is 21.8. The number of aromatic hydroxyl groups is 1. The molecule has 0 radical (unpaired) electrons. The SMILES string of the molecule is COc1cc(C)c(CCCCCCCCCCCCCCCCCCCCCCO)c(O)c1OC. The molecule has 4 heteroatoms. The fourth-order valence-corrected chi connectivity index (χ4v) is 5.05. The summed E-state index contributed by atoms with van der Waals surface area (Å²) in [6, 6.07) is 1.96. The summed E-state index contributed by atoms with van der Waals surface area (Å²) in [5, 5.41) is 19.3. The first-order chi connectivity index (χ1) is 17.2. The number of phenols is 1. The highest BCUT2D eigenvalue weighted by Crippen LogP contribution is 2.41. The molecule has 0 saturated heterocycles. The van der Waals surface area contributed by atoms with Crippen molar-refractivity contribution in [2.45, 2.75) is 142 Å². The quantitative estimate of drug-likeness (QED) is 0.141. The molecule has 0 aromatic heterocycles. The van der Waals surface area contributed by atoms with Crippen molar-refractivity contribution in [1.82, 2.24) is 0 Å². The van der Waals surface area contributed by atoms with Crippen LogP contribution in [-0.4, -0.2) is 31.0 Å². The van der Waals surface area contributed by atoms with Crippen molar-refractivity contribution < 1.29 is 19.7 Å². The maximum absolute atomic E-state index is 10.5. The molecule has 4 nitrogen and oxygen atoms in total. The summed E-state index contributed by atoms with van der Waals surface area (Å²) in [7, 11) is 3.18. The smallest absolute Gasteiger partial charge is 0.203 e. The average molecular weight is 493 g/mol. The van der Waals surface area contributed by atoms with Crippen LogP contribution in [0.4, 0.5) is 0 Å². The normalized spacial score (nSPS) is 11.2. The van der Waals surface area contributed by atoms with Gasteiger partial charge in [-0.15, -0.1) is 0 Å². The van der Waals surface area contributed by atoms with Gasteiger partial charge in [-0.1, -0.05) is 116 Å². The van der Waals surface area contributed by atoms with Crippen LogP contribution >= 0.6 is 0 Å². The van der Waals surface area contributed by atoms with E-state index in [0.29, 0.717) is 18.1 Å². The van der Waals surface area contributed by atoms with Crippen LogP contribution in [0.15, 0.2) is 6.07 Å². The lowest BCUT2D eigenvalue weighted by Gasteiger charge is -2.15. The van der Waals surface area contributed by atoms with Crippen molar-refractivity contribution in [3.05, 3.63) is 17.2 Å². The third kappa shape index (κ3) is 14.7. The highest BCUT2D eigenvalue weighted by atomic mass is 16.5. The molecule has 0 heterocycles. The van der Waals surface area contributed by atoms with Crippen molar-refractivity contribution >= 4 is 0 Å². The number of methoxy groups -OCH3 is 2. The number of aryl methyl sites for hydroxylation is 1. The topological polar surface area (TPSA) is 58.9 Å². The highest BCUT2D eigenvalue weighted by Gasteiger charge is 2.16. The van der Waals surface area contributed by atoms with Crippen LogP contribution in [0.5, 0.6) is 17.2 Å². The van der Waals surface area contributed by atoms with E-state index in [9.17, 15) is 5.11 Å². The Balaban J connectivity index is 1.89. The van der Waals surface area contributed by atoms with Crippen LogP contribution in [0.1, 0.15) is 140 Å². The molecule has 2 N–H and O–H groups in total. The number of unbranched alkanes of at least 4 members (excludes halogenated alkanes) is 19. The third-order valence-corrected chi connectivity index (χ3v) is 7.31. The van der Waals surface area contributed by atoms with Gasteiger partial charge in [-0.2, -0.15) is 0 Å². The van der Waals surface area contributed by atoms with Crippen molar-refractivity contribution in [1.29, 1.82) is 0 Å². The van der Waals surface area contributed by atoms with Gasteiger partial charge in [0, 0.05) is 12.2 Å². The molecular weight excluding hydrogens is 436 g/mol. The van der Waals surface area contributed by atoms with Crippen molar-refractivity contribution in [3.8, 4) is 17.2 Å². The van der Waals surface area contributed by atoms with Gasteiger partial charge < -0.3 is 19.7 Å². The van der Waals surface area contributed by atoms with Gasteiger partial charge >= 0.3 is 0 Å². The van der Waals surface area contributed by atoms with E-state index in [2.05, 4.69) is 0 Å². The molecule has 0 atom stereocenters. The predicted octanol–water partition coefficient (Wildman–Crippen LogP) is 9.05. The van der Waals surface area contributed by atoms with Gasteiger partial charge in [0.2, 0.25) is 5.75 Å². The number of ether oxygens (including phenoxy) is 2. The number of hydrogen-bond acceptors (Lipinski definition) is 4. The molecule has 0 bridgehead atoms. The highest BCUT2D eigenvalue weighted by molar-refractivity contribution is 5.58. The second-order valence-corrected chi connectivity index (χ2v) is 10.3. The van der Waals surface area contributed by atoms with Gasteiger partial charge in [0.05, 0.1) is 14.2 Å². The van der Waals surface area contributed by atoms with E-state index < -0.39 is 0 Å². The third-order valence-electron chi connectivity index (χ3n) is 7.31. The number of benzene rings is 1. The van der Waals surface area contributed by atoms with E-state index in [-0.39, 0.29) is 5.75 Å². The van der Waals surface area contributed by atoms with E-state index in [4.69, 9.17) is 14.6 Å². The predicted molar refractivity (Wildman–Crippen MR) is 149 cm³/mol. The summed E-state index contributed by atoms with van der Waals surface area (Å²) in [6.45, 7) is 2.39. The lowest BCUT2D eigenvalue weighted by molar-refractivity contribution is 0.282. The number of phenolic OH excluding ortho intramolecular Hbond substituents is 1. The van der Waals surface area contributed by atoms with Crippen molar-refractivity contribution in [2.24, 2.45) is 0 Å². The van der Waals surface area contributed by atoms with Gasteiger partial charge in [-0.25, -0.2) is 0 Å². The molecule has 0 aliphatic rings. The Hall–Kier alpha value is -1.42. The van der Waals surface area contributed by atoms with Crippen LogP contribution in [0.2, 0.25) is 0 Å². The Morgan fingerprint density at radius 1 is 0.571 bits per heavy atom. The molecule has 0 fully saturated rings. The number of aliphatic hydroxyl groups is 1. The number of aliphatic hydroxyl groups excluding tert-OH is 1. The fourth-order valence-electron chi connectivity index (χ4n) is 5.05. The summed E-state index contributed by atoms with van der Waals surface area (Å²) in [5.74, 6) is 1.29. The molecule has 0 amide bonds. The lowest BCUT2D eigenvalue weighted by Crippen LogP contribution is -1.98. The van der Waals surface area contributed by atoms with Gasteiger partial charge in [-0.3, -0.25) is 0 Å². The zero-order valence-electron chi connectivity index (χ0n) is 23.3. The maximum atomic E-state index is 10.5. The number of hydrogen-bond donors (Lipinski definition) is 2. The standard InChI is InChI=1S/C31H56O4/c1-27-26-29(34-2)31(35-3)30(33)28(27)24-22-20-18-16-14-12-10-8-6-4-5-7-9-11-13-15-17-19-21-23-25-32/h26,32-33H,4-25H2,1-3H3. The molecule has 0 unspecified atom stereocenters. The molecule has 1 aromatic carbocycles. The van der Waals surface area contributed by atoms with E-state index in [0.717, 1.165) is 30.4 Å².